The molecule has 1 fully saturated rings. The van der Waals surface area contributed by atoms with Crippen LogP contribution in [0, 0.1) is 17.8 Å². The van der Waals surface area contributed by atoms with Gasteiger partial charge in [-0.05, 0) is 166 Å². The molecule has 4 aromatic carbocycles. The number of benzene rings is 4. The quantitative estimate of drug-likeness (QED) is 0.0802. The number of carbonyl (C=O) groups excluding carboxylic acids is 1. The van der Waals surface area contributed by atoms with Gasteiger partial charge in [0.05, 0.1) is 38.2 Å². The van der Waals surface area contributed by atoms with Crippen LogP contribution in [0.3, 0.4) is 0 Å². The molecule has 3 aliphatic carbocycles. The van der Waals surface area contributed by atoms with Crippen molar-refractivity contribution in [3.8, 4) is 17.2 Å². The van der Waals surface area contributed by atoms with Crippen LogP contribution in [0.4, 0.5) is 5.69 Å². The van der Waals surface area contributed by atoms with Crippen LogP contribution in [0.1, 0.15) is 92.4 Å². The lowest BCUT2D eigenvalue weighted by atomic mass is 9.65. The van der Waals surface area contributed by atoms with Crippen LogP contribution in [0.15, 0.2) is 96.6 Å². The number of esters is 1. The highest BCUT2D eigenvalue weighted by Gasteiger charge is 2.47. The molecule has 66 heavy (non-hydrogen) atoms. The summed E-state index contributed by atoms with van der Waals surface area (Å²) in [5.74, 6) is 2.46. The van der Waals surface area contributed by atoms with E-state index in [4.69, 9.17) is 35.3 Å². The van der Waals surface area contributed by atoms with Crippen molar-refractivity contribution in [3.05, 3.63) is 129 Å². The fourth-order valence-corrected chi connectivity index (χ4v) is 12.2. The lowest BCUT2D eigenvalue weighted by Gasteiger charge is -2.48. The topological polar surface area (TPSA) is 107 Å². The monoisotopic (exact) mass is 939 g/mol. The van der Waals surface area contributed by atoms with Crippen LogP contribution >= 0.6 is 11.6 Å². The van der Waals surface area contributed by atoms with Gasteiger partial charge in [-0.2, -0.15) is 17.0 Å². The molecule has 0 N–H and O–H groups in total. The summed E-state index contributed by atoms with van der Waals surface area (Å²) in [5.41, 5.74) is 6.04. The molecule has 1 spiro atoms. The Hall–Kier alpha value is -4.59. The lowest BCUT2D eigenvalue weighted by molar-refractivity contribution is -0.000542. The first-order valence-electron chi connectivity index (χ1n) is 23.3. The van der Waals surface area contributed by atoms with E-state index in [1.165, 1.54) is 21.0 Å². The van der Waals surface area contributed by atoms with Crippen LogP contribution in [0.2, 0.25) is 5.02 Å². The molecule has 6 atom stereocenters. The number of carbonyl (C=O) groups is 1. The van der Waals surface area contributed by atoms with Gasteiger partial charge in [0.1, 0.15) is 22.8 Å². The minimum Gasteiger partial charge on any atom is -0.497 e. The SMILES string of the molecule is COc1ccc(CN(Cc2ccc(OC)cc2)S(=O)(=O)N(C)[C@@H](C)C2C=C([C@H](OC)[C@@H]3CC[C@H]3CN3C[C@@]4(CCCc5cc(Cl)ccc54)COc4ccc(C(=O)OC(C)(C)C)cc43)C2)cc1. The number of hydrogen-bond donors (Lipinski definition) is 0. The molecule has 4 aromatic rings. The Morgan fingerprint density at radius 3 is 2.15 bits per heavy atom. The number of nitrogens with zero attached hydrogens (tertiary/aromatic N) is 3. The van der Waals surface area contributed by atoms with E-state index in [0.717, 1.165) is 79.2 Å². The summed E-state index contributed by atoms with van der Waals surface area (Å²) in [5, 5.41) is 0.747. The molecule has 0 saturated heterocycles. The second-order valence-corrected chi connectivity index (χ2v) is 22.2. The number of ether oxygens (including phenoxy) is 5. The van der Waals surface area contributed by atoms with Crippen molar-refractivity contribution in [1.29, 1.82) is 0 Å². The molecule has 0 aromatic heterocycles. The van der Waals surface area contributed by atoms with E-state index < -0.39 is 15.8 Å². The number of hydrogen-bond acceptors (Lipinski definition) is 9. The van der Waals surface area contributed by atoms with E-state index in [1.54, 1.807) is 32.7 Å². The number of anilines is 1. The highest BCUT2D eigenvalue weighted by Crippen LogP contribution is 2.49. The number of methoxy groups -OCH3 is 3. The average Bonchev–Trinajstić information content (AvgIpc) is 3.42. The van der Waals surface area contributed by atoms with Gasteiger partial charge in [0.2, 0.25) is 0 Å². The van der Waals surface area contributed by atoms with Crippen molar-refractivity contribution in [2.45, 2.75) is 102 Å². The molecule has 8 rings (SSSR count). The van der Waals surface area contributed by atoms with Crippen LogP contribution in [-0.2, 0) is 44.6 Å². The Bertz CT molecular complexity index is 2460. The fourth-order valence-electron chi connectivity index (χ4n) is 10.5. The van der Waals surface area contributed by atoms with E-state index in [2.05, 4.69) is 23.1 Å². The normalized spacial score (nSPS) is 22.5. The first-order valence-corrected chi connectivity index (χ1v) is 25.0. The van der Waals surface area contributed by atoms with E-state index in [9.17, 15) is 13.2 Å². The number of aryl methyl sites for hydroxylation is 1. The minimum atomic E-state index is -3.91. The lowest BCUT2D eigenvalue weighted by Crippen LogP contribution is -2.51. The summed E-state index contributed by atoms with van der Waals surface area (Å²) in [4.78, 5) is 15.9. The smallest absolute Gasteiger partial charge is 0.338 e. The van der Waals surface area contributed by atoms with E-state index >= 15 is 0 Å². The third-order valence-corrected chi connectivity index (χ3v) is 16.6. The molecule has 354 valence electrons. The molecule has 11 nitrogen and oxygen atoms in total. The number of halogens is 1. The zero-order valence-electron chi connectivity index (χ0n) is 39.7. The Labute approximate surface area is 397 Å². The van der Waals surface area contributed by atoms with Gasteiger partial charge in [-0.25, -0.2) is 4.79 Å². The average molecular weight is 941 g/mol. The maximum absolute atomic E-state index is 14.6. The second-order valence-electron chi connectivity index (χ2n) is 19.8. The van der Waals surface area contributed by atoms with Crippen molar-refractivity contribution < 1.29 is 36.9 Å². The van der Waals surface area contributed by atoms with Gasteiger partial charge >= 0.3 is 5.97 Å². The minimum absolute atomic E-state index is 0.0282. The molecule has 13 heteroatoms. The van der Waals surface area contributed by atoms with E-state index in [1.807, 2.05) is 100 Å². The predicted molar refractivity (Wildman–Crippen MR) is 260 cm³/mol. The van der Waals surface area contributed by atoms with Gasteiger partial charge in [-0.3, -0.25) is 0 Å². The molecule has 1 heterocycles. The fraction of sp³-hybridized carbons (Fsp3) is 0.491. The van der Waals surface area contributed by atoms with Crippen molar-refractivity contribution >= 4 is 33.5 Å². The zero-order valence-corrected chi connectivity index (χ0v) is 41.3. The Balaban J connectivity index is 1.01. The summed E-state index contributed by atoms with van der Waals surface area (Å²) in [7, 11) is 2.81. The van der Waals surface area contributed by atoms with Crippen molar-refractivity contribution in [1.82, 2.24) is 8.61 Å². The van der Waals surface area contributed by atoms with Crippen molar-refractivity contribution in [2.75, 3.05) is 53.0 Å². The summed E-state index contributed by atoms with van der Waals surface area (Å²) in [6.45, 7) is 10.1. The van der Waals surface area contributed by atoms with Gasteiger partial charge in [0.15, 0.2) is 0 Å². The molecule has 1 saturated carbocycles. The van der Waals surface area contributed by atoms with Crippen LogP contribution in [0.25, 0.3) is 0 Å². The summed E-state index contributed by atoms with van der Waals surface area (Å²) in [6.07, 6.45) is 8.00. The third kappa shape index (κ3) is 10.1. The zero-order chi connectivity index (χ0) is 47.0. The molecule has 0 bridgehead atoms. The number of fused-ring (bicyclic) bond motifs is 3. The standard InChI is InChI=1S/C53H66ClN3O8S/c1-35(55(5)66(59,60)57(30-36-11-18-44(61-6)19-12-36)31-37-13-20-45(62-7)21-14-37)41-26-42(27-41)50(63-8)46-22-15-40(46)32-56-33-53(25-9-10-38-28-43(54)17-23-47(38)53)34-64-49-24-16-39(29-48(49)56)51(58)65-52(2,3)4/h11-14,16-21,23-24,26,28-29,35,40-41,46,50H,9-10,15,22,25,27,30-34H2,1-8H3/t35-,40-,41?,46+,50-,53-/m0/s1. The molecule has 0 amide bonds. The molecule has 4 aliphatic rings. The first kappa shape index (κ1) is 47.9. The van der Waals surface area contributed by atoms with Gasteiger partial charge in [0, 0.05) is 56.8 Å². The van der Waals surface area contributed by atoms with Gasteiger partial charge in [0.25, 0.3) is 10.2 Å². The molecular formula is C53H66ClN3O8S. The molecule has 1 unspecified atom stereocenters. The summed E-state index contributed by atoms with van der Waals surface area (Å²) >= 11 is 6.53. The van der Waals surface area contributed by atoms with Crippen LogP contribution in [0.5, 0.6) is 17.2 Å². The first-order chi connectivity index (χ1) is 31.5. The summed E-state index contributed by atoms with van der Waals surface area (Å²) in [6, 6.07) is 26.7. The van der Waals surface area contributed by atoms with E-state index in [0.29, 0.717) is 29.6 Å². The molecule has 0 radical (unpaired) electrons. The van der Waals surface area contributed by atoms with Crippen molar-refractivity contribution in [3.63, 3.8) is 0 Å². The Morgan fingerprint density at radius 2 is 1.58 bits per heavy atom. The highest BCUT2D eigenvalue weighted by molar-refractivity contribution is 7.86. The summed E-state index contributed by atoms with van der Waals surface area (Å²) < 4.78 is 61.9. The van der Waals surface area contributed by atoms with E-state index in [-0.39, 0.29) is 48.5 Å². The van der Waals surface area contributed by atoms with Gasteiger partial charge < -0.3 is 28.6 Å². The third-order valence-electron chi connectivity index (χ3n) is 14.4. The predicted octanol–water partition coefficient (Wildman–Crippen LogP) is 10.0. The Morgan fingerprint density at radius 1 is 0.924 bits per heavy atom. The number of rotatable bonds is 16. The van der Waals surface area contributed by atoms with Crippen LogP contribution in [-0.4, -0.2) is 88.8 Å². The van der Waals surface area contributed by atoms with Gasteiger partial charge in [-0.15, -0.1) is 0 Å². The Kier molecular flexibility index (Phi) is 14.2. The van der Waals surface area contributed by atoms with Gasteiger partial charge in [-0.1, -0.05) is 48.0 Å². The maximum Gasteiger partial charge on any atom is 0.338 e. The molecular weight excluding hydrogens is 874 g/mol. The maximum atomic E-state index is 14.6. The van der Waals surface area contributed by atoms with Crippen LogP contribution < -0.4 is 19.1 Å². The molecule has 1 aliphatic heterocycles. The highest BCUT2D eigenvalue weighted by atomic mass is 35.5. The second kappa shape index (κ2) is 19.6. The van der Waals surface area contributed by atoms with Crippen molar-refractivity contribution in [2.24, 2.45) is 17.8 Å². The largest absolute Gasteiger partial charge is 0.497 e.